The molecule has 0 fully saturated rings. The number of rotatable bonds is 3. The third-order valence-corrected chi connectivity index (χ3v) is 2.49. The second kappa shape index (κ2) is 5.31. The first-order chi connectivity index (χ1) is 9.10. The van der Waals surface area contributed by atoms with Gasteiger partial charge in [0.2, 0.25) is 0 Å². The van der Waals surface area contributed by atoms with Crippen LogP contribution in [0.15, 0.2) is 30.3 Å². The van der Waals surface area contributed by atoms with Gasteiger partial charge in [-0.2, -0.15) is 5.26 Å². The lowest BCUT2D eigenvalue weighted by molar-refractivity contribution is 0.507. The maximum Gasteiger partial charge on any atom is 0.165 e. The summed E-state index contributed by atoms with van der Waals surface area (Å²) in [6.07, 6.45) is 0. The quantitative estimate of drug-likeness (QED) is 0.888. The third kappa shape index (κ3) is 2.96. The second-order valence-corrected chi connectivity index (χ2v) is 3.85. The average molecular weight is 260 g/mol. The fourth-order valence-corrected chi connectivity index (χ4v) is 1.50. The predicted molar refractivity (Wildman–Crippen MR) is 67.0 cm³/mol. The van der Waals surface area contributed by atoms with Crippen LogP contribution in [0.1, 0.15) is 11.3 Å². The average Bonchev–Trinajstić information content (AvgIpc) is 2.41. The van der Waals surface area contributed by atoms with Crippen molar-refractivity contribution in [2.24, 2.45) is 0 Å². The topological polar surface area (TPSA) is 74.7 Å². The molecule has 0 aliphatic heterocycles. The molecule has 0 amide bonds. The van der Waals surface area contributed by atoms with Gasteiger partial charge in [0.25, 0.3) is 0 Å². The lowest BCUT2D eigenvalue weighted by atomic mass is 10.2. The van der Waals surface area contributed by atoms with E-state index in [1.54, 1.807) is 12.1 Å². The molecule has 0 radical (unpaired) electrons. The minimum Gasteiger partial charge on any atom is -0.396 e. The number of nitriles is 1. The van der Waals surface area contributed by atoms with Crippen LogP contribution in [-0.2, 0) is 6.54 Å². The van der Waals surface area contributed by atoms with Gasteiger partial charge in [0.15, 0.2) is 17.3 Å². The molecule has 0 atom stereocenters. The molecule has 1 aromatic heterocycles. The van der Waals surface area contributed by atoms with Gasteiger partial charge < -0.3 is 11.1 Å². The van der Waals surface area contributed by atoms with Gasteiger partial charge in [-0.3, -0.25) is 0 Å². The highest BCUT2D eigenvalue weighted by atomic mass is 19.2. The van der Waals surface area contributed by atoms with Gasteiger partial charge in [0, 0.05) is 6.54 Å². The molecule has 0 spiro atoms. The molecule has 1 heterocycles. The van der Waals surface area contributed by atoms with Crippen LogP contribution in [0.3, 0.4) is 0 Å². The molecule has 6 heteroatoms. The Balaban J connectivity index is 2.10. The summed E-state index contributed by atoms with van der Waals surface area (Å²) in [5.74, 6) is -1.35. The van der Waals surface area contributed by atoms with Crippen LogP contribution in [0, 0.1) is 23.0 Å². The zero-order valence-electron chi connectivity index (χ0n) is 9.82. The minimum absolute atomic E-state index is 0.121. The normalized spacial score (nSPS) is 9.95. The Morgan fingerprint density at radius 3 is 2.68 bits per heavy atom. The van der Waals surface area contributed by atoms with E-state index in [2.05, 4.69) is 10.3 Å². The van der Waals surface area contributed by atoms with Crippen molar-refractivity contribution in [1.29, 1.82) is 5.26 Å². The van der Waals surface area contributed by atoms with Crippen LogP contribution in [0.2, 0.25) is 0 Å². The van der Waals surface area contributed by atoms with Gasteiger partial charge in [-0.15, -0.1) is 0 Å². The molecule has 96 valence electrons. The molecule has 0 aliphatic rings. The van der Waals surface area contributed by atoms with Gasteiger partial charge in [0.05, 0.1) is 5.69 Å². The number of hydrogen-bond donors (Lipinski definition) is 2. The van der Waals surface area contributed by atoms with E-state index in [-0.39, 0.29) is 12.2 Å². The van der Waals surface area contributed by atoms with E-state index in [0.29, 0.717) is 17.1 Å². The molecular weight excluding hydrogens is 250 g/mol. The number of pyridine rings is 1. The van der Waals surface area contributed by atoms with Crippen molar-refractivity contribution in [2.75, 3.05) is 11.1 Å². The number of benzene rings is 1. The number of nitrogens with two attached hydrogens (primary N) is 1. The van der Waals surface area contributed by atoms with Crippen molar-refractivity contribution in [3.8, 4) is 6.07 Å². The van der Waals surface area contributed by atoms with Gasteiger partial charge >= 0.3 is 0 Å². The van der Waals surface area contributed by atoms with Crippen LogP contribution >= 0.6 is 0 Å². The van der Waals surface area contributed by atoms with E-state index in [1.165, 1.54) is 6.07 Å². The lowest BCUT2D eigenvalue weighted by Crippen LogP contribution is -2.04. The maximum absolute atomic E-state index is 13.0. The highest BCUT2D eigenvalue weighted by Crippen LogP contribution is 2.14. The molecule has 2 aromatic rings. The zero-order valence-corrected chi connectivity index (χ0v) is 9.82. The summed E-state index contributed by atoms with van der Waals surface area (Å²) < 4.78 is 25.7. The lowest BCUT2D eigenvalue weighted by Gasteiger charge is -2.07. The second-order valence-electron chi connectivity index (χ2n) is 3.85. The van der Waals surface area contributed by atoms with Crippen LogP contribution in [-0.4, -0.2) is 4.98 Å². The molecule has 0 aliphatic carbocycles. The molecule has 19 heavy (non-hydrogen) atoms. The first kappa shape index (κ1) is 12.8. The zero-order chi connectivity index (χ0) is 13.8. The Labute approximate surface area is 108 Å². The van der Waals surface area contributed by atoms with E-state index >= 15 is 0 Å². The van der Waals surface area contributed by atoms with E-state index in [1.807, 2.05) is 6.07 Å². The summed E-state index contributed by atoms with van der Waals surface area (Å²) in [5, 5.41) is 11.7. The van der Waals surface area contributed by atoms with E-state index in [4.69, 9.17) is 11.0 Å². The van der Waals surface area contributed by atoms with Crippen LogP contribution in [0.4, 0.5) is 20.3 Å². The van der Waals surface area contributed by atoms with Gasteiger partial charge in [-0.25, -0.2) is 13.8 Å². The fourth-order valence-electron chi connectivity index (χ4n) is 1.50. The first-order valence-electron chi connectivity index (χ1n) is 5.44. The van der Waals surface area contributed by atoms with Gasteiger partial charge in [-0.1, -0.05) is 6.07 Å². The van der Waals surface area contributed by atoms with Crippen LogP contribution < -0.4 is 11.1 Å². The maximum atomic E-state index is 13.0. The first-order valence-corrected chi connectivity index (χ1v) is 5.44. The number of aromatic nitrogens is 1. The monoisotopic (exact) mass is 260 g/mol. The van der Waals surface area contributed by atoms with Crippen molar-refractivity contribution in [2.45, 2.75) is 6.54 Å². The Hall–Kier alpha value is -2.68. The van der Waals surface area contributed by atoms with Gasteiger partial charge in [-0.05, 0) is 29.8 Å². The van der Waals surface area contributed by atoms with Crippen molar-refractivity contribution in [3.63, 3.8) is 0 Å². The number of nitrogens with one attached hydrogen (secondary N) is 1. The Morgan fingerprint density at radius 2 is 2.00 bits per heavy atom. The summed E-state index contributed by atoms with van der Waals surface area (Å²) in [7, 11) is 0. The van der Waals surface area contributed by atoms with Crippen LogP contribution in [0.25, 0.3) is 0 Å². The molecule has 1 aromatic carbocycles. The SMILES string of the molecule is N#Cc1nc(NCc2ccc(F)c(F)c2)ccc1N. The smallest absolute Gasteiger partial charge is 0.165 e. The molecule has 2 rings (SSSR count). The molecule has 3 N–H and O–H groups in total. The van der Waals surface area contributed by atoms with E-state index in [9.17, 15) is 8.78 Å². The third-order valence-electron chi connectivity index (χ3n) is 2.49. The summed E-state index contributed by atoms with van der Waals surface area (Å²) in [6, 6.07) is 8.65. The molecule has 0 saturated carbocycles. The highest BCUT2D eigenvalue weighted by molar-refractivity contribution is 5.54. The van der Waals surface area contributed by atoms with Crippen molar-refractivity contribution < 1.29 is 8.78 Å². The molecule has 0 unspecified atom stereocenters. The van der Waals surface area contributed by atoms with E-state index in [0.717, 1.165) is 12.1 Å². The summed E-state index contributed by atoms with van der Waals surface area (Å²) in [5.41, 5.74) is 6.52. The number of nitrogens with zero attached hydrogens (tertiary/aromatic N) is 2. The highest BCUT2D eigenvalue weighted by Gasteiger charge is 2.04. The van der Waals surface area contributed by atoms with Crippen molar-refractivity contribution >= 4 is 11.5 Å². The largest absolute Gasteiger partial charge is 0.396 e. The Morgan fingerprint density at radius 1 is 1.21 bits per heavy atom. The predicted octanol–water partition coefficient (Wildman–Crippen LogP) is 2.43. The summed E-state index contributed by atoms with van der Waals surface area (Å²) in [4.78, 5) is 3.98. The van der Waals surface area contributed by atoms with Gasteiger partial charge in [0.1, 0.15) is 11.9 Å². The fraction of sp³-hybridized carbons (Fsp3) is 0.0769. The Kier molecular flexibility index (Phi) is 3.57. The molecule has 0 saturated heterocycles. The number of halogens is 2. The van der Waals surface area contributed by atoms with Crippen molar-refractivity contribution in [3.05, 3.63) is 53.2 Å². The Bertz CT molecular complexity index is 650. The molecule has 4 nitrogen and oxygen atoms in total. The van der Waals surface area contributed by atoms with E-state index < -0.39 is 11.6 Å². The van der Waals surface area contributed by atoms with Crippen molar-refractivity contribution in [1.82, 2.24) is 4.98 Å². The number of hydrogen-bond acceptors (Lipinski definition) is 4. The number of nitrogen functional groups attached to an aromatic ring is 1. The molecular formula is C13H10F2N4. The standard InChI is InChI=1S/C13H10F2N4/c14-9-2-1-8(5-10(9)15)7-18-13-4-3-11(17)12(6-16)19-13/h1-5H,7,17H2,(H,18,19). The minimum atomic E-state index is -0.901. The summed E-state index contributed by atoms with van der Waals surface area (Å²) >= 11 is 0. The summed E-state index contributed by atoms with van der Waals surface area (Å²) in [6.45, 7) is 0.263. The molecule has 0 bridgehead atoms. The number of anilines is 2. The van der Waals surface area contributed by atoms with Crippen LogP contribution in [0.5, 0.6) is 0 Å².